The Morgan fingerprint density at radius 3 is 2.50 bits per heavy atom. The molecule has 22 heavy (non-hydrogen) atoms. The minimum atomic E-state index is -3.49. The molecule has 0 unspecified atom stereocenters. The standard InChI is InChI=1S/C15H21BrN2O3S/c16-13-4-1-2-5-14(13)22(19,20)17-12-15(6-3-7-15)18-8-10-21-11-9-18/h1-2,4-5,17H,3,6-12H2. The minimum Gasteiger partial charge on any atom is -0.379 e. The van der Waals surface area contributed by atoms with E-state index in [1.54, 1.807) is 18.2 Å². The van der Waals surface area contributed by atoms with E-state index in [1.165, 1.54) is 0 Å². The van der Waals surface area contributed by atoms with Crippen LogP contribution in [0.5, 0.6) is 0 Å². The van der Waals surface area contributed by atoms with Gasteiger partial charge in [0.2, 0.25) is 10.0 Å². The summed E-state index contributed by atoms with van der Waals surface area (Å²) in [6.45, 7) is 3.71. The largest absolute Gasteiger partial charge is 0.379 e. The van der Waals surface area contributed by atoms with Crippen molar-refractivity contribution in [3.05, 3.63) is 28.7 Å². The first-order valence-corrected chi connectivity index (χ1v) is 9.88. The van der Waals surface area contributed by atoms with E-state index in [2.05, 4.69) is 25.6 Å². The van der Waals surface area contributed by atoms with E-state index in [-0.39, 0.29) is 5.54 Å². The average Bonchev–Trinajstić information content (AvgIpc) is 2.47. The van der Waals surface area contributed by atoms with Crippen LogP contribution >= 0.6 is 15.9 Å². The molecule has 1 saturated heterocycles. The number of sulfonamides is 1. The molecule has 0 spiro atoms. The summed E-state index contributed by atoms with van der Waals surface area (Å²) in [5, 5.41) is 0. The Kier molecular flexibility index (Phi) is 4.89. The number of nitrogens with one attached hydrogen (secondary N) is 1. The number of morpholine rings is 1. The summed E-state index contributed by atoms with van der Waals surface area (Å²) >= 11 is 3.31. The van der Waals surface area contributed by atoms with Crippen molar-refractivity contribution in [1.29, 1.82) is 0 Å². The predicted molar refractivity (Wildman–Crippen MR) is 88.3 cm³/mol. The first-order chi connectivity index (χ1) is 10.5. The van der Waals surface area contributed by atoms with E-state index in [4.69, 9.17) is 4.74 Å². The zero-order valence-corrected chi connectivity index (χ0v) is 14.8. The Labute approximate surface area is 140 Å². The third kappa shape index (κ3) is 3.23. The third-order valence-electron chi connectivity index (χ3n) is 4.68. The van der Waals surface area contributed by atoms with Crippen LogP contribution in [0.2, 0.25) is 0 Å². The highest BCUT2D eigenvalue weighted by Gasteiger charge is 2.43. The molecular formula is C15H21BrN2O3S. The second-order valence-corrected chi connectivity index (χ2v) is 8.52. The van der Waals surface area contributed by atoms with Gasteiger partial charge in [-0.3, -0.25) is 4.90 Å². The molecule has 1 heterocycles. The van der Waals surface area contributed by atoms with Gasteiger partial charge in [-0.25, -0.2) is 13.1 Å². The lowest BCUT2D eigenvalue weighted by Gasteiger charge is -2.51. The van der Waals surface area contributed by atoms with E-state index in [1.807, 2.05) is 6.07 Å². The van der Waals surface area contributed by atoms with E-state index in [0.717, 1.165) is 45.6 Å². The van der Waals surface area contributed by atoms with Gasteiger partial charge in [-0.15, -0.1) is 0 Å². The molecule has 3 rings (SSSR count). The second kappa shape index (κ2) is 6.57. The Bertz CT molecular complexity index is 625. The Morgan fingerprint density at radius 2 is 1.91 bits per heavy atom. The van der Waals surface area contributed by atoms with Crippen molar-refractivity contribution in [3.63, 3.8) is 0 Å². The van der Waals surface area contributed by atoms with Gasteiger partial charge >= 0.3 is 0 Å². The zero-order valence-electron chi connectivity index (χ0n) is 12.4. The molecule has 0 radical (unpaired) electrons. The normalized spacial score (nSPS) is 22.2. The van der Waals surface area contributed by atoms with Gasteiger partial charge in [0, 0.05) is 29.6 Å². The van der Waals surface area contributed by atoms with Crippen LogP contribution in [0, 0.1) is 0 Å². The van der Waals surface area contributed by atoms with Crippen molar-refractivity contribution in [3.8, 4) is 0 Å². The van der Waals surface area contributed by atoms with Crippen molar-refractivity contribution < 1.29 is 13.2 Å². The molecule has 0 atom stereocenters. The quantitative estimate of drug-likeness (QED) is 0.837. The minimum absolute atomic E-state index is 0.0297. The Hall–Kier alpha value is -0.470. The maximum absolute atomic E-state index is 12.5. The molecular weight excluding hydrogens is 368 g/mol. The summed E-state index contributed by atoms with van der Waals surface area (Å²) in [6, 6.07) is 6.91. The van der Waals surface area contributed by atoms with Crippen LogP contribution in [-0.2, 0) is 14.8 Å². The molecule has 0 bridgehead atoms. The van der Waals surface area contributed by atoms with Crippen LogP contribution in [0.15, 0.2) is 33.6 Å². The number of rotatable bonds is 5. The van der Waals surface area contributed by atoms with Gasteiger partial charge in [0.1, 0.15) is 0 Å². The fraction of sp³-hybridized carbons (Fsp3) is 0.600. The monoisotopic (exact) mass is 388 g/mol. The topological polar surface area (TPSA) is 58.6 Å². The molecule has 0 aromatic heterocycles. The molecule has 0 amide bonds. The number of benzene rings is 1. The molecule has 1 aliphatic heterocycles. The fourth-order valence-electron chi connectivity index (χ4n) is 3.20. The van der Waals surface area contributed by atoms with Crippen molar-refractivity contribution >= 4 is 26.0 Å². The maximum Gasteiger partial charge on any atom is 0.241 e. The van der Waals surface area contributed by atoms with Crippen LogP contribution in [0.25, 0.3) is 0 Å². The molecule has 1 saturated carbocycles. The Morgan fingerprint density at radius 1 is 1.23 bits per heavy atom. The van der Waals surface area contributed by atoms with E-state index < -0.39 is 10.0 Å². The van der Waals surface area contributed by atoms with Crippen LogP contribution < -0.4 is 4.72 Å². The van der Waals surface area contributed by atoms with Gasteiger partial charge in [0.05, 0.1) is 18.1 Å². The first-order valence-electron chi connectivity index (χ1n) is 7.61. The maximum atomic E-state index is 12.5. The zero-order chi connectivity index (χ0) is 15.6. The molecule has 2 aliphatic rings. The summed E-state index contributed by atoms with van der Waals surface area (Å²) in [5.41, 5.74) is -0.0297. The van der Waals surface area contributed by atoms with Crippen molar-refractivity contribution in [2.24, 2.45) is 0 Å². The molecule has 2 fully saturated rings. The number of hydrogen-bond donors (Lipinski definition) is 1. The second-order valence-electron chi connectivity index (χ2n) is 5.93. The average molecular weight is 389 g/mol. The molecule has 1 N–H and O–H groups in total. The van der Waals surface area contributed by atoms with Gasteiger partial charge in [0.25, 0.3) is 0 Å². The van der Waals surface area contributed by atoms with Gasteiger partial charge in [-0.1, -0.05) is 12.1 Å². The summed E-state index contributed by atoms with van der Waals surface area (Å²) in [5.74, 6) is 0. The summed E-state index contributed by atoms with van der Waals surface area (Å²) in [4.78, 5) is 2.69. The lowest BCUT2D eigenvalue weighted by molar-refractivity contribution is -0.0527. The number of hydrogen-bond acceptors (Lipinski definition) is 4. The van der Waals surface area contributed by atoms with Crippen LogP contribution in [0.3, 0.4) is 0 Å². The molecule has 1 aromatic carbocycles. The van der Waals surface area contributed by atoms with Crippen LogP contribution in [0.4, 0.5) is 0 Å². The predicted octanol–water partition coefficient (Wildman–Crippen LogP) is 1.98. The summed E-state index contributed by atoms with van der Waals surface area (Å²) in [7, 11) is -3.49. The van der Waals surface area contributed by atoms with Crippen molar-refractivity contribution in [2.45, 2.75) is 29.7 Å². The molecule has 1 aliphatic carbocycles. The number of halogens is 1. The SMILES string of the molecule is O=S(=O)(NCC1(N2CCOCC2)CCC1)c1ccccc1Br. The van der Waals surface area contributed by atoms with E-state index in [9.17, 15) is 8.42 Å². The van der Waals surface area contributed by atoms with Crippen molar-refractivity contribution in [1.82, 2.24) is 9.62 Å². The third-order valence-corrected chi connectivity index (χ3v) is 7.10. The van der Waals surface area contributed by atoms with Crippen molar-refractivity contribution in [2.75, 3.05) is 32.8 Å². The highest BCUT2D eigenvalue weighted by Crippen LogP contribution is 2.38. The Balaban J connectivity index is 1.71. The van der Waals surface area contributed by atoms with E-state index >= 15 is 0 Å². The highest BCUT2D eigenvalue weighted by atomic mass is 79.9. The molecule has 1 aromatic rings. The number of ether oxygens (including phenoxy) is 1. The fourth-order valence-corrected chi connectivity index (χ4v) is 5.32. The summed E-state index contributed by atoms with van der Waals surface area (Å²) < 4.78 is 33.9. The van der Waals surface area contributed by atoms with Gasteiger partial charge < -0.3 is 4.74 Å². The number of nitrogens with zero attached hydrogens (tertiary/aromatic N) is 1. The lowest BCUT2D eigenvalue weighted by atomic mass is 9.75. The smallest absolute Gasteiger partial charge is 0.241 e. The summed E-state index contributed by atoms with van der Waals surface area (Å²) in [6.07, 6.45) is 3.26. The van der Waals surface area contributed by atoms with Gasteiger partial charge in [-0.2, -0.15) is 0 Å². The van der Waals surface area contributed by atoms with Gasteiger partial charge in [0.15, 0.2) is 0 Å². The molecule has 5 nitrogen and oxygen atoms in total. The van der Waals surface area contributed by atoms with Gasteiger partial charge in [-0.05, 0) is 47.3 Å². The van der Waals surface area contributed by atoms with E-state index in [0.29, 0.717) is 15.9 Å². The molecule has 122 valence electrons. The first kappa shape index (κ1) is 16.4. The lowest BCUT2D eigenvalue weighted by Crippen LogP contribution is -2.62. The highest BCUT2D eigenvalue weighted by molar-refractivity contribution is 9.10. The van der Waals surface area contributed by atoms with Crippen LogP contribution in [0.1, 0.15) is 19.3 Å². The van der Waals surface area contributed by atoms with Crippen LogP contribution in [-0.4, -0.2) is 51.7 Å². The molecule has 7 heteroatoms.